The van der Waals surface area contributed by atoms with E-state index in [1.165, 1.54) is 70.6 Å². The van der Waals surface area contributed by atoms with Crippen LogP contribution in [0.1, 0.15) is 84.0 Å². The highest BCUT2D eigenvalue weighted by atomic mass is 16.5. The molecule has 0 rings (SSSR count). The fourth-order valence-electron chi connectivity index (χ4n) is 2.61. The molecule has 3 heteroatoms. The van der Waals surface area contributed by atoms with Crippen LogP contribution in [0, 0.1) is 0 Å². The average Bonchev–Trinajstić information content (AvgIpc) is 2.61. The van der Waals surface area contributed by atoms with Crippen molar-refractivity contribution in [2.75, 3.05) is 26.9 Å². The van der Waals surface area contributed by atoms with Gasteiger partial charge in [-0.05, 0) is 57.8 Å². The topological polar surface area (TPSA) is 38.7 Å². The Bertz CT molecular complexity index is 300. The molecule has 1 N–H and O–H groups in total. The van der Waals surface area contributed by atoms with Crippen LogP contribution in [0.5, 0.6) is 0 Å². The third-order valence-electron chi connectivity index (χ3n) is 4.13. The predicted octanol–water partition coefficient (Wildman–Crippen LogP) is 5.82. The normalized spacial score (nSPS) is 13.2. The first-order valence-electron chi connectivity index (χ1n) is 10.4. The highest BCUT2D eigenvalue weighted by molar-refractivity contribution is 4.84. The smallest absolute Gasteiger partial charge is 0.101 e. The molecule has 0 heterocycles. The van der Waals surface area contributed by atoms with E-state index in [2.05, 4.69) is 31.2 Å². The Kier molecular flexibility index (Phi) is 20.9. The lowest BCUT2D eigenvalue weighted by atomic mass is 10.1. The summed E-state index contributed by atoms with van der Waals surface area (Å²) in [7, 11) is 1.59. The van der Waals surface area contributed by atoms with Gasteiger partial charge in [-0.2, -0.15) is 0 Å². The van der Waals surface area contributed by atoms with Gasteiger partial charge in [-0.15, -0.1) is 0 Å². The highest BCUT2D eigenvalue weighted by Crippen LogP contribution is 2.06. The first-order chi connectivity index (χ1) is 12.3. The summed E-state index contributed by atoms with van der Waals surface area (Å²) in [5, 5.41) is 9.42. The van der Waals surface area contributed by atoms with Gasteiger partial charge in [0, 0.05) is 13.7 Å². The molecular weight excluding hydrogens is 312 g/mol. The molecule has 0 bridgehead atoms. The maximum atomic E-state index is 9.42. The number of aliphatic hydroxyl groups is 1. The Hall–Kier alpha value is -0.640. The molecule has 148 valence electrons. The molecule has 0 saturated carbocycles. The van der Waals surface area contributed by atoms with Crippen molar-refractivity contribution in [1.82, 2.24) is 0 Å². The molecule has 0 aliphatic carbocycles. The molecule has 0 aliphatic heterocycles. The van der Waals surface area contributed by atoms with E-state index in [1.54, 1.807) is 7.11 Å². The molecule has 0 spiro atoms. The van der Waals surface area contributed by atoms with Gasteiger partial charge in [-0.1, -0.05) is 50.5 Å². The summed E-state index contributed by atoms with van der Waals surface area (Å²) in [6.45, 7) is 3.71. The first kappa shape index (κ1) is 24.4. The van der Waals surface area contributed by atoms with Gasteiger partial charge in [0.15, 0.2) is 0 Å². The lowest BCUT2D eigenvalue weighted by Crippen LogP contribution is -2.21. The van der Waals surface area contributed by atoms with E-state index in [0.29, 0.717) is 13.2 Å². The fourth-order valence-corrected chi connectivity index (χ4v) is 2.61. The van der Waals surface area contributed by atoms with Gasteiger partial charge in [0.05, 0.1) is 13.2 Å². The minimum atomic E-state index is -0.496. The molecule has 0 aromatic carbocycles. The van der Waals surface area contributed by atoms with Gasteiger partial charge in [0.1, 0.15) is 6.10 Å². The number of methoxy groups -OCH3 is 1. The van der Waals surface area contributed by atoms with Gasteiger partial charge in [-0.25, -0.2) is 0 Å². The molecule has 0 radical (unpaired) electrons. The standard InChI is InChI=1S/C22H42O3/c1-3-4-5-6-7-8-9-10-11-12-13-14-15-16-17-18-19-25-21-22(23)20-24-2/h7-8,13-14,22-23H,3-6,9-12,15-21H2,1-2H3/t22-/m0/s1. The first-order valence-corrected chi connectivity index (χ1v) is 10.4. The number of unbranched alkanes of at least 4 members (excludes halogenated alkanes) is 9. The summed E-state index contributed by atoms with van der Waals surface area (Å²) in [5.74, 6) is 0. The van der Waals surface area contributed by atoms with Gasteiger partial charge in [0.2, 0.25) is 0 Å². The van der Waals surface area contributed by atoms with Crippen LogP contribution in [0.25, 0.3) is 0 Å². The summed E-state index contributed by atoms with van der Waals surface area (Å²) in [4.78, 5) is 0. The van der Waals surface area contributed by atoms with E-state index in [0.717, 1.165) is 13.0 Å². The summed E-state index contributed by atoms with van der Waals surface area (Å²) in [5.41, 5.74) is 0. The maximum Gasteiger partial charge on any atom is 0.101 e. The van der Waals surface area contributed by atoms with Crippen LogP contribution in [0.2, 0.25) is 0 Å². The minimum absolute atomic E-state index is 0.347. The summed E-state index contributed by atoms with van der Waals surface area (Å²) >= 11 is 0. The minimum Gasteiger partial charge on any atom is -0.388 e. The molecule has 25 heavy (non-hydrogen) atoms. The summed E-state index contributed by atoms with van der Waals surface area (Å²) in [6, 6.07) is 0. The van der Waals surface area contributed by atoms with Crippen LogP contribution >= 0.6 is 0 Å². The van der Waals surface area contributed by atoms with E-state index in [4.69, 9.17) is 9.47 Å². The molecule has 0 aromatic rings. The number of rotatable bonds is 19. The molecule has 0 aromatic heterocycles. The van der Waals surface area contributed by atoms with Crippen LogP contribution in [-0.4, -0.2) is 38.1 Å². The monoisotopic (exact) mass is 354 g/mol. The summed E-state index contributed by atoms with van der Waals surface area (Å²) < 4.78 is 10.3. The molecule has 0 unspecified atom stereocenters. The van der Waals surface area contributed by atoms with E-state index >= 15 is 0 Å². The molecule has 0 aliphatic rings. The second kappa shape index (κ2) is 21.4. The Balaban J connectivity index is 3.18. The largest absolute Gasteiger partial charge is 0.388 e. The molecule has 0 fully saturated rings. The molecule has 3 nitrogen and oxygen atoms in total. The van der Waals surface area contributed by atoms with Crippen molar-refractivity contribution < 1.29 is 14.6 Å². The lowest BCUT2D eigenvalue weighted by Gasteiger charge is -2.09. The predicted molar refractivity (Wildman–Crippen MR) is 108 cm³/mol. The number of aliphatic hydroxyl groups excluding tert-OH is 1. The number of hydrogen-bond donors (Lipinski definition) is 1. The van der Waals surface area contributed by atoms with Gasteiger partial charge in [0.25, 0.3) is 0 Å². The number of ether oxygens (including phenoxy) is 2. The van der Waals surface area contributed by atoms with Crippen LogP contribution in [0.3, 0.4) is 0 Å². The highest BCUT2D eigenvalue weighted by Gasteiger charge is 2.02. The van der Waals surface area contributed by atoms with Crippen molar-refractivity contribution in [1.29, 1.82) is 0 Å². The van der Waals surface area contributed by atoms with Crippen molar-refractivity contribution in [3.05, 3.63) is 24.3 Å². The Labute approximate surface area is 156 Å². The third kappa shape index (κ3) is 21.3. The van der Waals surface area contributed by atoms with E-state index in [9.17, 15) is 5.11 Å². The van der Waals surface area contributed by atoms with Gasteiger partial charge in [-0.3, -0.25) is 0 Å². The Morgan fingerprint density at radius 2 is 1.24 bits per heavy atom. The van der Waals surface area contributed by atoms with Gasteiger partial charge < -0.3 is 14.6 Å². The number of allylic oxidation sites excluding steroid dienone is 4. The van der Waals surface area contributed by atoms with Gasteiger partial charge >= 0.3 is 0 Å². The second-order valence-corrected chi connectivity index (χ2v) is 6.76. The van der Waals surface area contributed by atoms with Crippen molar-refractivity contribution in [2.45, 2.75) is 90.1 Å². The maximum absolute atomic E-state index is 9.42. The zero-order chi connectivity index (χ0) is 18.4. The SMILES string of the molecule is CCCCCC=CCCCCC=CCCCCCOC[C@@H](O)COC. The lowest BCUT2D eigenvalue weighted by molar-refractivity contribution is -0.00681. The zero-order valence-electron chi connectivity index (χ0n) is 16.8. The quantitative estimate of drug-likeness (QED) is 0.234. The van der Waals surface area contributed by atoms with E-state index in [1.807, 2.05) is 0 Å². The van der Waals surface area contributed by atoms with Crippen LogP contribution in [0.15, 0.2) is 24.3 Å². The van der Waals surface area contributed by atoms with Crippen LogP contribution in [-0.2, 0) is 9.47 Å². The van der Waals surface area contributed by atoms with E-state index < -0.39 is 6.10 Å². The Morgan fingerprint density at radius 1 is 0.720 bits per heavy atom. The zero-order valence-corrected chi connectivity index (χ0v) is 16.8. The van der Waals surface area contributed by atoms with Crippen molar-refractivity contribution in [3.63, 3.8) is 0 Å². The summed E-state index contributed by atoms with van der Waals surface area (Å²) in [6.07, 6.45) is 23.9. The molecule has 0 amide bonds. The van der Waals surface area contributed by atoms with Crippen molar-refractivity contribution >= 4 is 0 Å². The van der Waals surface area contributed by atoms with Crippen LogP contribution in [0.4, 0.5) is 0 Å². The number of hydrogen-bond acceptors (Lipinski definition) is 3. The average molecular weight is 355 g/mol. The molecule has 1 atom stereocenters. The third-order valence-corrected chi connectivity index (χ3v) is 4.13. The Morgan fingerprint density at radius 3 is 1.76 bits per heavy atom. The fraction of sp³-hybridized carbons (Fsp3) is 0.818. The molecule has 0 saturated heterocycles. The van der Waals surface area contributed by atoms with Crippen LogP contribution < -0.4 is 0 Å². The second-order valence-electron chi connectivity index (χ2n) is 6.76. The molecular formula is C22H42O3. The van der Waals surface area contributed by atoms with Crippen molar-refractivity contribution in [3.8, 4) is 0 Å². The van der Waals surface area contributed by atoms with E-state index in [-0.39, 0.29) is 0 Å². The van der Waals surface area contributed by atoms with Crippen molar-refractivity contribution in [2.24, 2.45) is 0 Å².